The molecule has 0 fully saturated rings. The van der Waals surface area contributed by atoms with E-state index in [9.17, 15) is 4.79 Å². The molecule has 1 atom stereocenters. The van der Waals surface area contributed by atoms with Gasteiger partial charge in [-0.2, -0.15) is 0 Å². The zero-order valence-electron chi connectivity index (χ0n) is 15.9. The van der Waals surface area contributed by atoms with E-state index in [4.69, 9.17) is 0 Å². The van der Waals surface area contributed by atoms with Gasteiger partial charge in [0.05, 0.1) is 6.04 Å². The minimum atomic E-state index is 0.103. The number of amides is 1. The first-order valence-electron chi connectivity index (χ1n) is 10.1. The SMILES string of the molecule is CCCCCCCCCCCCCC(=O)N[C@H](C)c1ccccc1. The maximum atomic E-state index is 12.0. The molecule has 2 nitrogen and oxygen atoms in total. The second-order valence-corrected chi connectivity index (χ2v) is 6.99. The highest BCUT2D eigenvalue weighted by Gasteiger charge is 2.08. The fourth-order valence-corrected chi connectivity index (χ4v) is 3.09. The Bertz CT molecular complexity index is 415. The van der Waals surface area contributed by atoms with Crippen LogP contribution >= 0.6 is 0 Å². The van der Waals surface area contributed by atoms with E-state index in [0.717, 1.165) is 6.42 Å². The maximum Gasteiger partial charge on any atom is 0.220 e. The van der Waals surface area contributed by atoms with Crippen LogP contribution in [0.4, 0.5) is 0 Å². The van der Waals surface area contributed by atoms with E-state index < -0.39 is 0 Å². The van der Waals surface area contributed by atoms with Crippen molar-refractivity contribution in [1.82, 2.24) is 5.32 Å². The van der Waals surface area contributed by atoms with E-state index in [1.54, 1.807) is 0 Å². The Labute approximate surface area is 149 Å². The molecule has 0 bridgehead atoms. The zero-order chi connectivity index (χ0) is 17.5. The van der Waals surface area contributed by atoms with Crippen LogP contribution in [0.25, 0.3) is 0 Å². The zero-order valence-corrected chi connectivity index (χ0v) is 15.9. The number of hydrogen-bond donors (Lipinski definition) is 1. The first kappa shape index (κ1) is 20.7. The van der Waals surface area contributed by atoms with Gasteiger partial charge in [-0.05, 0) is 18.9 Å². The van der Waals surface area contributed by atoms with Crippen LogP contribution in [0.5, 0.6) is 0 Å². The van der Waals surface area contributed by atoms with Gasteiger partial charge in [0.1, 0.15) is 0 Å². The summed E-state index contributed by atoms with van der Waals surface area (Å²) in [5.41, 5.74) is 1.17. The Morgan fingerprint density at radius 3 is 1.88 bits per heavy atom. The van der Waals surface area contributed by atoms with Gasteiger partial charge >= 0.3 is 0 Å². The van der Waals surface area contributed by atoms with Crippen molar-refractivity contribution in [3.05, 3.63) is 35.9 Å². The van der Waals surface area contributed by atoms with Crippen molar-refractivity contribution in [2.45, 2.75) is 96.9 Å². The molecule has 0 spiro atoms. The van der Waals surface area contributed by atoms with Crippen molar-refractivity contribution in [3.63, 3.8) is 0 Å². The lowest BCUT2D eigenvalue weighted by Crippen LogP contribution is -2.26. The van der Waals surface area contributed by atoms with Crippen molar-refractivity contribution < 1.29 is 4.79 Å². The van der Waals surface area contributed by atoms with Gasteiger partial charge in [0, 0.05) is 6.42 Å². The monoisotopic (exact) mass is 331 g/mol. The van der Waals surface area contributed by atoms with Crippen LogP contribution in [0, 0.1) is 0 Å². The van der Waals surface area contributed by atoms with Gasteiger partial charge in [0.2, 0.25) is 5.91 Å². The number of carbonyl (C=O) groups is 1. The average molecular weight is 332 g/mol. The highest BCUT2D eigenvalue weighted by molar-refractivity contribution is 5.76. The van der Waals surface area contributed by atoms with E-state index in [1.165, 1.54) is 69.8 Å². The predicted molar refractivity (Wildman–Crippen MR) is 104 cm³/mol. The molecule has 1 aromatic rings. The fourth-order valence-electron chi connectivity index (χ4n) is 3.09. The molecule has 1 N–H and O–H groups in total. The van der Waals surface area contributed by atoms with E-state index in [2.05, 4.69) is 24.4 Å². The van der Waals surface area contributed by atoms with E-state index in [0.29, 0.717) is 6.42 Å². The van der Waals surface area contributed by atoms with E-state index >= 15 is 0 Å². The van der Waals surface area contributed by atoms with Crippen LogP contribution < -0.4 is 5.32 Å². The number of hydrogen-bond acceptors (Lipinski definition) is 1. The summed E-state index contributed by atoms with van der Waals surface area (Å²) in [7, 11) is 0. The molecule has 0 aliphatic heterocycles. The normalized spacial score (nSPS) is 12.1. The summed E-state index contributed by atoms with van der Waals surface area (Å²) in [6.07, 6.45) is 15.2. The predicted octanol–water partition coefficient (Wildman–Crippen LogP) is 6.56. The first-order chi connectivity index (χ1) is 11.7. The second-order valence-electron chi connectivity index (χ2n) is 6.99. The molecule has 1 amide bonds. The van der Waals surface area contributed by atoms with Crippen LogP contribution in [-0.4, -0.2) is 5.91 Å². The Morgan fingerprint density at radius 2 is 1.33 bits per heavy atom. The van der Waals surface area contributed by atoms with Crippen LogP contribution in [0.1, 0.15) is 103 Å². The van der Waals surface area contributed by atoms with Crippen LogP contribution in [0.2, 0.25) is 0 Å². The summed E-state index contributed by atoms with van der Waals surface area (Å²) in [6, 6.07) is 10.3. The third-order valence-electron chi connectivity index (χ3n) is 4.68. The molecule has 1 rings (SSSR count). The number of nitrogens with one attached hydrogen (secondary N) is 1. The van der Waals surface area contributed by atoms with Crippen molar-refractivity contribution in [2.75, 3.05) is 0 Å². The summed E-state index contributed by atoms with van der Waals surface area (Å²) in [6.45, 7) is 4.32. The largest absolute Gasteiger partial charge is 0.350 e. The summed E-state index contributed by atoms with van der Waals surface area (Å²) in [5, 5.41) is 3.09. The quantitative estimate of drug-likeness (QED) is 0.384. The van der Waals surface area contributed by atoms with Gasteiger partial charge in [0.25, 0.3) is 0 Å². The Morgan fingerprint density at radius 1 is 0.833 bits per heavy atom. The molecule has 136 valence electrons. The number of carbonyl (C=O) groups excluding carboxylic acids is 1. The van der Waals surface area contributed by atoms with Crippen molar-refractivity contribution in [1.29, 1.82) is 0 Å². The Kier molecular flexibility index (Phi) is 12.2. The summed E-state index contributed by atoms with van der Waals surface area (Å²) < 4.78 is 0. The van der Waals surface area contributed by atoms with Gasteiger partial charge in [0.15, 0.2) is 0 Å². The molecule has 0 radical (unpaired) electrons. The third-order valence-corrected chi connectivity index (χ3v) is 4.68. The second kappa shape index (κ2) is 14.1. The van der Waals surface area contributed by atoms with Crippen LogP contribution in [-0.2, 0) is 4.79 Å². The minimum absolute atomic E-state index is 0.103. The standard InChI is InChI=1S/C22H37NO/c1-3-4-5-6-7-8-9-10-11-12-16-19-22(24)23-20(2)21-17-14-13-15-18-21/h13-15,17-18,20H,3-12,16,19H2,1-2H3,(H,23,24)/t20-/m1/s1. The number of benzene rings is 1. The van der Waals surface area contributed by atoms with Gasteiger partial charge in [-0.1, -0.05) is 101 Å². The molecule has 0 unspecified atom stereocenters. The van der Waals surface area contributed by atoms with Gasteiger partial charge in [-0.25, -0.2) is 0 Å². The smallest absolute Gasteiger partial charge is 0.220 e. The minimum Gasteiger partial charge on any atom is -0.350 e. The van der Waals surface area contributed by atoms with E-state index in [1.807, 2.05) is 25.1 Å². The highest BCUT2D eigenvalue weighted by Crippen LogP contribution is 2.13. The van der Waals surface area contributed by atoms with Crippen LogP contribution in [0.3, 0.4) is 0 Å². The molecule has 0 heterocycles. The molecular formula is C22H37NO. The van der Waals surface area contributed by atoms with Crippen molar-refractivity contribution in [2.24, 2.45) is 0 Å². The lowest BCUT2D eigenvalue weighted by Gasteiger charge is -2.14. The van der Waals surface area contributed by atoms with Gasteiger partial charge in [-0.15, -0.1) is 0 Å². The molecule has 0 aromatic heterocycles. The number of rotatable bonds is 14. The summed E-state index contributed by atoms with van der Waals surface area (Å²) in [5.74, 6) is 0.183. The molecular weight excluding hydrogens is 294 g/mol. The fraction of sp³-hybridized carbons (Fsp3) is 0.682. The molecule has 24 heavy (non-hydrogen) atoms. The molecule has 2 heteroatoms. The van der Waals surface area contributed by atoms with E-state index in [-0.39, 0.29) is 11.9 Å². The van der Waals surface area contributed by atoms with Crippen molar-refractivity contribution >= 4 is 5.91 Å². The Hall–Kier alpha value is -1.31. The summed E-state index contributed by atoms with van der Waals surface area (Å²) in [4.78, 5) is 12.0. The lowest BCUT2D eigenvalue weighted by molar-refractivity contribution is -0.121. The maximum absolute atomic E-state index is 12.0. The lowest BCUT2D eigenvalue weighted by atomic mass is 10.0. The number of unbranched alkanes of at least 4 members (excludes halogenated alkanes) is 10. The average Bonchev–Trinajstić information content (AvgIpc) is 2.60. The molecule has 0 aliphatic carbocycles. The van der Waals surface area contributed by atoms with Crippen LogP contribution in [0.15, 0.2) is 30.3 Å². The topological polar surface area (TPSA) is 29.1 Å². The molecule has 1 aromatic carbocycles. The molecule has 0 saturated heterocycles. The first-order valence-corrected chi connectivity index (χ1v) is 10.1. The molecule has 0 aliphatic rings. The van der Waals surface area contributed by atoms with Crippen molar-refractivity contribution in [3.8, 4) is 0 Å². The highest BCUT2D eigenvalue weighted by atomic mass is 16.1. The van der Waals surface area contributed by atoms with Gasteiger partial charge < -0.3 is 5.32 Å². The molecule has 0 saturated carbocycles. The Balaban J connectivity index is 1.93. The third kappa shape index (κ3) is 10.5. The summed E-state index contributed by atoms with van der Waals surface area (Å²) >= 11 is 0. The van der Waals surface area contributed by atoms with Gasteiger partial charge in [-0.3, -0.25) is 4.79 Å².